The Balaban J connectivity index is 0.000000131. The third-order valence-corrected chi connectivity index (χ3v) is 22.8. The van der Waals surface area contributed by atoms with Crippen molar-refractivity contribution in [3.63, 3.8) is 0 Å². The van der Waals surface area contributed by atoms with Crippen molar-refractivity contribution in [3.8, 4) is 0 Å². The summed E-state index contributed by atoms with van der Waals surface area (Å²) < 4.78 is 26.5. The van der Waals surface area contributed by atoms with E-state index in [0.717, 1.165) is 127 Å². The predicted molar refractivity (Wildman–Crippen MR) is 518 cm³/mol. The number of nitrogens with zero attached hydrogens (tertiary/aromatic N) is 12. The third kappa shape index (κ3) is 17.8. The molecule has 0 fully saturated rings. The van der Waals surface area contributed by atoms with Crippen molar-refractivity contribution in [3.05, 3.63) is 400 Å². The van der Waals surface area contributed by atoms with Crippen molar-refractivity contribution >= 4 is 290 Å². The second kappa shape index (κ2) is 43.1. The van der Waals surface area contributed by atoms with E-state index in [0.29, 0.717) is 5.92 Å². The van der Waals surface area contributed by atoms with Gasteiger partial charge < -0.3 is 79.8 Å². The fourth-order valence-corrected chi connectivity index (χ4v) is 17.5. The first-order valence-electron chi connectivity index (χ1n) is 40.2. The average molecular weight is 2100 g/mol. The summed E-state index contributed by atoms with van der Waals surface area (Å²) >= 11 is 5.10. The molecule has 12 heterocycles. The number of para-hydroxylation sites is 9. The summed E-state index contributed by atoms with van der Waals surface area (Å²) in [4.78, 5) is 27.8. The van der Waals surface area contributed by atoms with Gasteiger partial charge in [-0.25, -0.2) is 0 Å². The molecule has 0 spiro atoms. The number of aryl methyl sites for hydroxylation is 1. The van der Waals surface area contributed by atoms with E-state index in [1.54, 1.807) is 12.3 Å². The first kappa shape index (κ1) is 98.2. The molecule has 27 rings (SSSR count). The average Bonchev–Trinajstić information content (AvgIpc) is 1.59. The summed E-state index contributed by atoms with van der Waals surface area (Å²) in [5.41, 5.74) is 21.8. The Morgan fingerprint density at radius 1 is 0.323 bits per heavy atom. The monoisotopic (exact) mass is 2090 g/mol. The maximum atomic E-state index is 13.4. The van der Waals surface area contributed by atoms with Crippen molar-refractivity contribution < 1.29 is 110 Å². The van der Waals surface area contributed by atoms with Crippen molar-refractivity contribution in [1.82, 2.24) is 56.3 Å². The molecule has 0 aliphatic rings. The number of rotatable bonds is 1. The first-order chi connectivity index (χ1) is 60.7. The van der Waals surface area contributed by atoms with E-state index in [-0.39, 0.29) is 147 Å². The molecular weight excluding hydrogens is 2030 g/mol. The Hall–Kier alpha value is -9.32. The summed E-state index contributed by atoms with van der Waals surface area (Å²) in [7, 11) is 4.76. The Morgan fingerprint density at radius 3 is 1.00 bits per heavy atom. The molecule has 0 bridgehead atoms. The van der Waals surface area contributed by atoms with Crippen LogP contribution in [-0.2, 0) is 33.7 Å². The van der Waals surface area contributed by atoms with Gasteiger partial charge in [-0.05, 0) is 124 Å². The van der Waals surface area contributed by atoms with E-state index in [2.05, 4.69) is 308 Å². The number of fused-ring (bicyclic) bond motifs is 42. The zero-order chi connectivity index (χ0) is 83.3. The van der Waals surface area contributed by atoms with Gasteiger partial charge >= 0.3 is 145 Å². The molecular formula is C106H67Br2Cl2FILiMg3N12Zn2. The maximum absolute atomic E-state index is 13.4. The molecule has 0 N–H and O–H groups in total. The zero-order valence-corrected chi connectivity index (χ0v) is 88.2. The molecule has 0 aliphatic heterocycles. The molecule has 15 aromatic carbocycles. The molecule has 0 saturated heterocycles. The molecule has 0 aliphatic carbocycles. The number of hydrogen-bond acceptors (Lipinski definition) is 6. The fourth-order valence-electron chi connectivity index (χ4n) is 17.5. The van der Waals surface area contributed by atoms with Crippen LogP contribution in [-0.4, -0.2) is 125 Å². The SMILES string of the molecule is CC(C)c1ccc2nc3c4[c-]cccc4c4ccccc4n3c2c1.Cc1ccc2c(c1)c1ccc[c-]c1c1nccn21.Fc1c[c-]c2c(c1)c1ccccc1n1ccnc21.[Br-].[Cl-].[Cl][Zn+].[I-].[Li+].[Mg+2].[Mg+2].[Mg+2].[Zn+][Br].[c-]1cccc2c1c1nc3ccccc3n1c1ccccc21.[c-]1cccc2c1c1nc3ccccc3n1c1ccccc21.[c-]1cccc2c1c1nccn1c1ccccc21. The van der Waals surface area contributed by atoms with Crippen LogP contribution < -0.4 is 72.2 Å². The van der Waals surface area contributed by atoms with Crippen LogP contribution in [0.4, 0.5) is 4.39 Å². The molecule has 0 radical (unpaired) electrons. The largest absolute Gasteiger partial charge is 0.340 e. The van der Waals surface area contributed by atoms with E-state index >= 15 is 0 Å². The third-order valence-electron chi connectivity index (χ3n) is 22.8. The summed E-state index contributed by atoms with van der Waals surface area (Å²) in [6.45, 7) is 6.58. The fraction of sp³-hybridized carbons (Fsp3) is 0.0377. The minimum absolute atomic E-state index is 0. The molecule has 12 nitrogen and oxygen atoms in total. The number of benzene rings is 15. The number of hydrogen-bond donors (Lipinski definition) is 0. The minimum atomic E-state index is -0.274. The van der Waals surface area contributed by atoms with E-state index in [1.165, 1.54) is 120 Å². The van der Waals surface area contributed by atoms with Crippen molar-refractivity contribution in [2.45, 2.75) is 26.7 Å². The van der Waals surface area contributed by atoms with Crippen LogP contribution in [0.2, 0.25) is 0 Å². The second-order valence-electron chi connectivity index (χ2n) is 30.1. The molecule has 12 aromatic heterocycles. The number of pyridine rings is 6. The molecule has 24 heteroatoms. The van der Waals surface area contributed by atoms with Gasteiger partial charge in [0.15, 0.2) is 0 Å². The second-order valence-corrected chi connectivity index (χ2v) is 30.1. The number of aromatic nitrogens is 12. The first-order valence-corrected chi connectivity index (χ1v) is 51.1. The van der Waals surface area contributed by atoms with Crippen LogP contribution in [0.15, 0.2) is 347 Å². The molecule has 0 unspecified atom stereocenters. The summed E-state index contributed by atoms with van der Waals surface area (Å²) in [5, 5.41) is 20.4. The zero-order valence-electron chi connectivity index (χ0n) is 71.2. The molecule has 27 aromatic rings. The Morgan fingerprint density at radius 2 is 0.615 bits per heavy atom. The predicted octanol–water partition coefficient (Wildman–Crippen LogP) is 14.1. The van der Waals surface area contributed by atoms with E-state index in [4.69, 9.17) is 24.6 Å². The molecule has 0 saturated carbocycles. The van der Waals surface area contributed by atoms with Crippen molar-refractivity contribution in [2.24, 2.45) is 0 Å². The topological polar surface area (TPSA) is 104 Å². The van der Waals surface area contributed by atoms with Gasteiger partial charge in [0, 0.05) is 76.1 Å². The van der Waals surface area contributed by atoms with Crippen molar-refractivity contribution in [1.29, 1.82) is 0 Å². The summed E-state index contributed by atoms with van der Waals surface area (Å²) in [6.07, 6.45) is 11.3. The van der Waals surface area contributed by atoms with Crippen LogP contribution in [0.25, 0.3) is 197 Å². The van der Waals surface area contributed by atoms with Crippen LogP contribution in [0.1, 0.15) is 30.9 Å². The standard InChI is InChI=1S/C22H17N2.2C19H11N2.C16H11N2.C15H8FN2.C15H9N2.2BrH.2ClH.HI.Li.3Mg.2Zn/c1-14(2)15-11-12-19-21(13-15)24-20-10-6-5-8-17(20)16-7-3-4-9-18(16)22(24)23-19;2*1-2-9-15-13(7-1)14-8-3-5-11-17(14)21-18-12-6-4-10-16(18)20-19(15)21;1-11-6-7-15-14(10-11)12-4-2-3-5-13(12)16-17-8-9-18(15)16;16-10-5-6-12-13(9-10)11-3-1-2-4-14(11)18-8-7-17-15(12)18;1-2-7-13-11(5-1)12-6-3-4-8-14(12)17-10-9-16-15(13)17;;;;;;;;;;;/h3-8,10-14H,1-2H3;2*1-8,10-12H;2-4,6-10H,1H3;1-5,7-9H;1-6,8-10H;5*1H;;;;;;/q6*-1;;;;;;+1;5*+2/p-5. The molecule has 130 heavy (non-hydrogen) atoms. The molecule has 0 atom stereocenters. The number of halogens is 6. The number of imidazole rings is 6. The minimum Gasteiger partial charge on any atom is -0.340 e. The van der Waals surface area contributed by atoms with Crippen LogP contribution in [0.5, 0.6) is 0 Å². The van der Waals surface area contributed by atoms with Crippen LogP contribution in [0, 0.1) is 49.1 Å². The Bertz CT molecular complexity index is 8420. The van der Waals surface area contributed by atoms with E-state index in [9.17, 15) is 4.39 Å². The quantitative estimate of drug-likeness (QED) is 0.0702. The summed E-state index contributed by atoms with van der Waals surface area (Å²) in [6, 6.07) is 125. The van der Waals surface area contributed by atoms with Gasteiger partial charge in [0.05, 0.1) is 67.0 Å². The van der Waals surface area contributed by atoms with Gasteiger partial charge in [-0.15, -0.1) is 166 Å². The van der Waals surface area contributed by atoms with E-state index < -0.39 is 0 Å². The van der Waals surface area contributed by atoms with Gasteiger partial charge in [-0.3, -0.25) is 34.3 Å². The normalized spacial score (nSPS) is 10.9. The Labute approximate surface area is 872 Å². The maximum Gasteiger partial charge on any atom is 0.0774 e. The van der Waals surface area contributed by atoms with Gasteiger partial charge in [0.2, 0.25) is 0 Å². The van der Waals surface area contributed by atoms with Crippen LogP contribution >= 0.6 is 23.3 Å². The van der Waals surface area contributed by atoms with Gasteiger partial charge in [0.25, 0.3) is 0 Å². The van der Waals surface area contributed by atoms with Gasteiger partial charge in [0.1, 0.15) is 0 Å². The Kier molecular flexibility index (Phi) is 32.6. The summed E-state index contributed by atoms with van der Waals surface area (Å²) in [5.74, 6) is 0.224. The van der Waals surface area contributed by atoms with E-state index in [1.807, 2.05) is 132 Å². The van der Waals surface area contributed by atoms with Crippen LogP contribution in [0.3, 0.4) is 0 Å². The van der Waals surface area contributed by atoms with Gasteiger partial charge in [-0.2, -0.15) is 0 Å². The van der Waals surface area contributed by atoms with Crippen molar-refractivity contribution in [2.75, 3.05) is 0 Å². The molecule has 0 amide bonds. The molecule has 604 valence electrons. The van der Waals surface area contributed by atoms with Gasteiger partial charge in [-0.1, -0.05) is 191 Å². The smallest absolute Gasteiger partial charge is 0.0774 e.